The van der Waals surface area contributed by atoms with Crippen LogP contribution in [-0.2, 0) is 14.8 Å². The SMILES string of the molecule is CC(C)(C)CCS(=O)(=O)N1CCC[C@@H]1[C@H]1COCC[C@@]1(C)O. The summed E-state index contributed by atoms with van der Waals surface area (Å²) >= 11 is 0. The number of rotatable bonds is 4. The fourth-order valence-electron chi connectivity index (χ4n) is 3.45. The second kappa shape index (κ2) is 6.38. The number of nitrogens with zero attached hydrogens (tertiary/aromatic N) is 1. The van der Waals surface area contributed by atoms with Crippen LogP contribution in [0.15, 0.2) is 0 Å². The van der Waals surface area contributed by atoms with Gasteiger partial charge in [-0.15, -0.1) is 0 Å². The molecule has 0 bridgehead atoms. The van der Waals surface area contributed by atoms with E-state index in [1.807, 2.05) is 6.92 Å². The maximum atomic E-state index is 12.7. The van der Waals surface area contributed by atoms with E-state index in [2.05, 4.69) is 20.8 Å². The van der Waals surface area contributed by atoms with E-state index in [0.29, 0.717) is 32.6 Å². The number of sulfonamides is 1. The zero-order valence-corrected chi connectivity index (χ0v) is 15.2. The molecule has 6 heteroatoms. The molecule has 0 saturated carbocycles. The lowest BCUT2D eigenvalue weighted by Gasteiger charge is -2.42. The Hall–Kier alpha value is -0.170. The predicted molar refractivity (Wildman–Crippen MR) is 87.1 cm³/mol. The average Bonchev–Trinajstić information content (AvgIpc) is 2.85. The summed E-state index contributed by atoms with van der Waals surface area (Å²) in [4.78, 5) is 0. The highest BCUT2D eigenvalue weighted by Crippen LogP contribution is 2.37. The molecule has 5 nitrogen and oxygen atoms in total. The van der Waals surface area contributed by atoms with E-state index < -0.39 is 15.6 Å². The van der Waals surface area contributed by atoms with Crippen molar-refractivity contribution in [2.75, 3.05) is 25.5 Å². The van der Waals surface area contributed by atoms with Gasteiger partial charge in [0, 0.05) is 25.1 Å². The predicted octanol–water partition coefficient (Wildman–Crippen LogP) is 2.00. The summed E-state index contributed by atoms with van der Waals surface area (Å²) in [5, 5.41) is 10.6. The van der Waals surface area contributed by atoms with Gasteiger partial charge in [-0.3, -0.25) is 0 Å². The Morgan fingerprint density at radius 1 is 1.36 bits per heavy atom. The fraction of sp³-hybridized carbons (Fsp3) is 1.00. The molecular weight excluding hydrogens is 302 g/mol. The zero-order valence-electron chi connectivity index (χ0n) is 14.3. The van der Waals surface area contributed by atoms with Crippen molar-refractivity contribution in [1.29, 1.82) is 0 Å². The number of aliphatic hydroxyl groups is 1. The van der Waals surface area contributed by atoms with Gasteiger partial charge >= 0.3 is 0 Å². The minimum Gasteiger partial charge on any atom is -0.390 e. The van der Waals surface area contributed by atoms with Crippen LogP contribution in [0.1, 0.15) is 53.4 Å². The van der Waals surface area contributed by atoms with Gasteiger partial charge in [0.05, 0.1) is 18.0 Å². The van der Waals surface area contributed by atoms with Gasteiger partial charge in [-0.25, -0.2) is 8.42 Å². The number of ether oxygens (including phenoxy) is 1. The van der Waals surface area contributed by atoms with Crippen LogP contribution in [-0.4, -0.2) is 55.0 Å². The van der Waals surface area contributed by atoms with Crippen molar-refractivity contribution in [3.05, 3.63) is 0 Å². The van der Waals surface area contributed by atoms with Crippen molar-refractivity contribution in [3.8, 4) is 0 Å². The Kier molecular flexibility index (Phi) is 5.27. The van der Waals surface area contributed by atoms with Crippen molar-refractivity contribution in [2.24, 2.45) is 11.3 Å². The zero-order chi connectivity index (χ0) is 16.6. The monoisotopic (exact) mass is 333 g/mol. The molecule has 0 radical (unpaired) electrons. The lowest BCUT2D eigenvalue weighted by atomic mass is 9.80. The third-order valence-corrected chi connectivity index (χ3v) is 6.92. The van der Waals surface area contributed by atoms with Crippen molar-refractivity contribution in [3.63, 3.8) is 0 Å². The van der Waals surface area contributed by atoms with Gasteiger partial charge in [-0.05, 0) is 38.0 Å². The molecule has 0 aromatic heterocycles. The van der Waals surface area contributed by atoms with Gasteiger partial charge in [0.2, 0.25) is 10.0 Å². The van der Waals surface area contributed by atoms with Crippen LogP contribution in [0.5, 0.6) is 0 Å². The van der Waals surface area contributed by atoms with Crippen LogP contribution < -0.4 is 0 Å². The highest BCUT2D eigenvalue weighted by molar-refractivity contribution is 7.89. The largest absolute Gasteiger partial charge is 0.390 e. The fourth-order valence-corrected chi connectivity index (χ4v) is 5.62. The third-order valence-electron chi connectivity index (χ3n) is 5.03. The van der Waals surface area contributed by atoms with Crippen molar-refractivity contribution < 1.29 is 18.3 Å². The first-order valence-corrected chi connectivity index (χ1v) is 9.93. The molecule has 2 rings (SSSR count). The van der Waals surface area contributed by atoms with Crippen molar-refractivity contribution in [1.82, 2.24) is 4.31 Å². The van der Waals surface area contributed by atoms with E-state index in [0.717, 1.165) is 12.8 Å². The summed E-state index contributed by atoms with van der Waals surface area (Å²) in [6, 6.07) is -0.125. The van der Waals surface area contributed by atoms with Gasteiger partial charge in [-0.1, -0.05) is 20.8 Å². The number of hydrogen-bond acceptors (Lipinski definition) is 4. The van der Waals surface area contributed by atoms with Gasteiger partial charge in [-0.2, -0.15) is 4.31 Å². The van der Waals surface area contributed by atoms with E-state index in [4.69, 9.17) is 4.74 Å². The molecule has 2 aliphatic heterocycles. The Balaban J connectivity index is 2.12. The molecule has 0 spiro atoms. The minimum atomic E-state index is -3.28. The summed E-state index contributed by atoms with van der Waals surface area (Å²) in [6.45, 7) is 9.56. The van der Waals surface area contributed by atoms with Crippen LogP contribution >= 0.6 is 0 Å². The summed E-state index contributed by atoms with van der Waals surface area (Å²) in [5.41, 5.74) is -0.840. The van der Waals surface area contributed by atoms with Crippen LogP contribution in [0.2, 0.25) is 0 Å². The van der Waals surface area contributed by atoms with E-state index in [1.165, 1.54) is 0 Å². The van der Waals surface area contributed by atoms with Crippen molar-refractivity contribution in [2.45, 2.75) is 65.0 Å². The Morgan fingerprint density at radius 3 is 2.64 bits per heavy atom. The molecule has 2 fully saturated rings. The molecule has 130 valence electrons. The smallest absolute Gasteiger partial charge is 0.214 e. The first kappa shape index (κ1) is 18.2. The van der Waals surface area contributed by atoms with Gasteiger partial charge in [0.15, 0.2) is 0 Å². The molecule has 22 heavy (non-hydrogen) atoms. The highest BCUT2D eigenvalue weighted by Gasteiger charge is 2.47. The molecule has 0 amide bonds. The minimum absolute atomic E-state index is 0.00172. The lowest BCUT2D eigenvalue weighted by Crippen LogP contribution is -2.54. The van der Waals surface area contributed by atoms with Crippen molar-refractivity contribution >= 4 is 10.0 Å². The molecule has 2 heterocycles. The Labute approximate surface area is 135 Å². The summed E-state index contributed by atoms with van der Waals surface area (Å²) in [6.07, 6.45) is 2.91. The average molecular weight is 333 g/mol. The quantitative estimate of drug-likeness (QED) is 0.854. The summed E-state index contributed by atoms with van der Waals surface area (Å²) in [7, 11) is -3.28. The maximum absolute atomic E-state index is 12.7. The molecule has 0 aromatic carbocycles. The van der Waals surface area contributed by atoms with E-state index in [1.54, 1.807) is 4.31 Å². The lowest BCUT2D eigenvalue weighted by molar-refractivity contribution is -0.116. The first-order chi connectivity index (χ1) is 10.0. The standard InChI is InChI=1S/C16H31NO4S/c1-15(2,3)8-11-22(19,20)17-9-5-6-14(17)13-12-21-10-7-16(13,4)18/h13-14,18H,5-12H2,1-4H3/t13-,14-,16-/m1/s1. The molecule has 0 unspecified atom stereocenters. The highest BCUT2D eigenvalue weighted by atomic mass is 32.2. The topological polar surface area (TPSA) is 66.8 Å². The molecular formula is C16H31NO4S. The van der Waals surface area contributed by atoms with Crippen LogP contribution in [0.4, 0.5) is 0 Å². The molecule has 3 atom stereocenters. The molecule has 0 aromatic rings. The summed E-state index contributed by atoms with van der Waals surface area (Å²) < 4.78 is 32.7. The summed E-state index contributed by atoms with van der Waals surface area (Å²) in [5.74, 6) is 0.0519. The van der Waals surface area contributed by atoms with Gasteiger partial charge in [0.1, 0.15) is 0 Å². The second-order valence-corrected chi connectivity index (χ2v) is 10.3. The maximum Gasteiger partial charge on any atom is 0.214 e. The Bertz CT molecular complexity index is 481. The first-order valence-electron chi connectivity index (χ1n) is 8.33. The van der Waals surface area contributed by atoms with Gasteiger partial charge in [0.25, 0.3) is 0 Å². The van der Waals surface area contributed by atoms with E-state index in [-0.39, 0.29) is 23.1 Å². The number of hydrogen-bond donors (Lipinski definition) is 1. The molecule has 2 saturated heterocycles. The van der Waals surface area contributed by atoms with Gasteiger partial charge < -0.3 is 9.84 Å². The van der Waals surface area contributed by atoms with Crippen LogP contribution in [0.25, 0.3) is 0 Å². The normalized spacial score (nSPS) is 35.0. The molecule has 0 aliphatic carbocycles. The molecule has 2 aliphatic rings. The second-order valence-electron chi connectivity index (χ2n) is 8.24. The molecule has 1 N–H and O–H groups in total. The van der Waals surface area contributed by atoms with E-state index >= 15 is 0 Å². The Morgan fingerprint density at radius 2 is 2.05 bits per heavy atom. The third kappa shape index (κ3) is 4.22. The van der Waals surface area contributed by atoms with Crippen LogP contribution in [0, 0.1) is 11.3 Å². The van der Waals surface area contributed by atoms with E-state index in [9.17, 15) is 13.5 Å². The van der Waals surface area contributed by atoms with Crippen LogP contribution in [0.3, 0.4) is 0 Å².